The second-order valence-corrected chi connectivity index (χ2v) is 9.94. The Bertz CT molecular complexity index is 691. The van der Waals surface area contributed by atoms with Crippen molar-refractivity contribution in [3.8, 4) is 0 Å². The van der Waals surface area contributed by atoms with Gasteiger partial charge in [0, 0.05) is 6.04 Å². The van der Waals surface area contributed by atoms with Gasteiger partial charge < -0.3 is 14.8 Å². The van der Waals surface area contributed by atoms with Gasteiger partial charge in [0.1, 0.15) is 12.2 Å². The topological polar surface area (TPSA) is 64.6 Å². The van der Waals surface area contributed by atoms with Crippen LogP contribution in [-0.4, -0.2) is 23.7 Å². The molecule has 3 rings (SSSR count). The molecule has 29 heavy (non-hydrogen) atoms. The van der Waals surface area contributed by atoms with Crippen molar-refractivity contribution < 1.29 is 19.1 Å². The summed E-state index contributed by atoms with van der Waals surface area (Å²) < 4.78 is 11.0. The molecule has 5 heteroatoms. The van der Waals surface area contributed by atoms with Crippen molar-refractivity contribution in [2.45, 2.75) is 78.0 Å². The fourth-order valence-electron chi connectivity index (χ4n) is 4.73. The number of rotatable bonds is 5. The van der Waals surface area contributed by atoms with Crippen LogP contribution in [0, 0.1) is 23.7 Å². The van der Waals surface area contributed by atoms with Crippen molar-refractivity contribution in [1.29, 1.82) is 0 Å². The van der Waals surface area contributed by atoms with Gasteiger partial charge >= 0.3 is 12.1 Å². The summed E-state index contributed by atoms with van der Waals surface area (Å²) in [5.74, 6) is 1.55. The molecule has 2 saturated carbocycles. The van der Waals surface area contributed by atoms with Gasteiger partial charge in [0.2, 0.25) is 0 Å². The standard InChI is InChI=1S/C24H35NO4/c1-16-10-18(11-16)19-12-20(22(26)28-15-17-8-6-5-7-9-17)14-21(13-19)25-23(27)29-24(2,3)4/h5-9,16,18-21H,10-15H2,1-4H3,(H,25,27)/t16?,18?,19?,20-,21+/m0/s1. The van der Waals surface area contributed by atoms with Crippen LogP contribution < -0.4 is 5.32 Å². The van der Waals surface area contributed by atoms with E-state index in [4.69, 9.17) is 9.47 Å². The zero-order valence-electron chi connectivity index (χ0n) is 18.1. The molecule has 0 saturated heterocycles. The molecule has 2 aliphatic rings. The lowest BCUT2D eigenvalue weighted by atomic mass is 9.63. The highest BCUT2D eigenvalue weighted by Gasteiger charge is 2.41. The molecule has 3 atom stereocenters. The lowest BCUT2D eigenvalue weighted by Crippen LogP contribution is -2.47. The third-order valence-electron chi connectivity index (χ3n) is 6.10. The van der Waals surface area contributed by atoms with Crippen molar-refractivity contribution in [3.63, 3.8) is 0 Å². The van der Waals surface area contributed by atoms with Crippen LogP contribution in [-0.2, 0) is 20.9 Å². The van der Waals surface area contributed by atoms with Crippen LogP contribution in [0.15, 0.2) is 30.3 Å². The average molecular weight is 402 g/mol. The van der Waals surface area contributed by atoms with E-state index in [9.17, 15) is 9.59 Å². The molecular weight excluding hydrogens is 366 g/mol. The Labute approximate surface area is 174 Å². The smallest absolute Gasteiger partial charge is 0.407 e. The second kappa shape index (κ2) is 9.19. The summed E-state index contributed by atoms with van der Waals surface area (Å²) >= 11 is 0. The average Bonchev–Trinajstić information content (AvgIpc) is 2.62. The molecule has 1 aromatic carbocycles. The Kier molecular flexibility index (Phi) is 6.86. The quantitative estimate of drug-likeness (QED) is 0.698. The van der Waals surface area contributed by atoms with E-state index in [-0.39, 0.29) is 17.9 Å². The van der Waals surface area contributed by atoms with Crippen LogP contribution in [0.2, 0.25) is 0 Å². The lowest BCUT2D eigenvalue weighted by molar-refractivity contribution is -0.152. The van der Waals surface area contributed by atoms with E-state index in [1.54, 1.807) is 0 Å². The summed E-state index contributed by atoms with van der Waals surface area (Å²) in [4.78, 5) is 25.1. The maximum Gasteiger partial charge on any atom is 0.407 e. The van der Waals surface area contributed by atoms with E-state index in [2.05, 4.69) is 12.2 Å². The van der Waals surface area contributed by atoms with Crippen LogP contribution in [0.1, 0.15) is 65.4 Å². The number of carbonyl (C=O) groups is 2. The van der Waals surface area contributed by atoms with Crippen molar-refractivity contribution >= 4 is 12.1 Å². The molecule has 0 aliphatic heterocycles. The maximum absolute atomic E-state index is 12.8. The maximum atomic E-state index is 12.8. The van der Waals surface area contributed by atoms with Gasteiger partial charge in [0.05, 0.1) is 5.92 Å². The van der Waals surface area contributed by atoms with Gasteiger partial charge in [-0.05, 0) is 76.2 Å². The molecule has 0 radical (unpaired) electrons. The number of esters is 1. The van der Waals surface area contributed by atoms with E-state index in [1.165, 1.54) is 12.8 Å². The molecule has 1 N–H and O–H groups in total. The largest absolute Gasteiger partial charge is 0.461 e. The fraction of sp³-hybridized carbons (Fsp3) is 0.667. The summed E-state index contributed by atoms with van der Waals surface area (Å²) in [5.41, 5.74) is 0.458. The number of hydrogen-bond donors (Lipinski definition) is 1. The normalized spacial score (nSPS) is 29.4. The zero-order chi connectivity index (χ0) is 21.0. The monoisotopic (exact) mass is 401 g/mol. The second-order valence-electron chi connectivity index (χ2n) is 9.94. The first-order valence-electron chi connectivity index (χ1n) is 10.9. The molecule has 0 bridgehead atoms. The van der Waals surface area contributed by atoms with Crippen LogP contribution in [0.25, 0.3) is 0 Å². The minimum atomic E-state index is -0.532. The Morgan fingerprint density at radius 3 is 2.28 bits per heavy atom. The highest BCUT2D eigenvalue weighted by molar-refractivity contribution is 5.73. The summed E-state index contributed by atoms with van der Waals surface area (Å²) in [5, 5.41) is 3.01. The molecule has 2 fully saturated rings. The Morgan fingerprint density at radius 1 is 1.00 bits per heavy atom. The molecule has 160 valence electrons. The number of nitrogens with one attached hydrogen (secondary N) is 1. The molecule has 1 amide bonds. The first-order chi connectivity index (χ1) is 13.7. The summed E-state index contributed by atoms with van der Waals surface area (Å²) in [6.45, 7) is 8.15. The molecule has 0 spiro atoms. The van der Waals surface area contributed by atoms with Crippen LogP contribution >= 0.6 is 0 Å². The minimum absolute atomic E-state index is 0.0474. The van der Waals surface area contributed by atoms with Crippen molar-refractivity contribution in [3.05, 3.63) is 35.9 Å². The summed E-state index contributed by atoms with van der Waals surface area (Å²) in [7, 11) is 0. The predicted molar refractivity (Wildman–Crippen MR) is 112 cm³/mol. The van der Waals surface area contributed by atoms with Crippen molar-refractivity contribution in [2.75, 3.05) is 0 Å². The molecule has 2 aliphatic carbocycles. The van der Waals surface area contributed by atoms with E-state index < -0.39 is 11.7 Å². The van der Waals surface area contributed by atoms with E-state index in [0.717, 1.165) is 24.3 Å². The molecule has 5 nitrogen and oxygen atoms in total. The first-order valence-corrected chi connectivity index (χ1v) is 10.9. The first kappa shape index (κ1) is 21.7. The highest BCUT2D eigenvalue weighted by atomic mass is 16.6. The molecule has 1 aromatic rings. The van der Waals surface area contributed by atoms with Gasteiger partial charge in [-0.25, -0.2) is 4.79 Å². The third kappa shape index (κ3) is 6.48. The minimum Gasteiger partial charge on any atom is -0.461 e. The van der Waals surface area contributed by atoms with Crippen LogP contribution in [0.3, 0.4) is 0 Å². The zero-order valence-corrected chi connectivity index (χ0v) is 18.1. The number of hydrogen-bond acceptors (Lipinski definition) is 4. The summed E-state index contributed by atoms with van der Waals surface area (Å²) in [6.07, 6.45) is 4.43. The Hall–Kier alpha value is -2.04. The van der Waals surface area contributed by atoms with Crippen molar-refractivity contribution in [2.24, 2.45) is 23.7 Å². The molecular formula is C24H35NO4. The number of amides is 1. The number of benzene rings is 1. The Morgan fingerprint density at radius 2 is 1.66 bits per heavy atom. The number of carbonyl (C=O) groups excluding carboxylic acids is 2. The van der Waals surface area contributed by atoms with E-state index >= 15 is 0 Å². The molecule has 1 unspecified atom stereocenters. The van der Waals surface area contributed by atoms with Crippen LogP contribution in [0.4, 0.5) is 4.79 Å². The SMILES string of the molecule is CC1CC(C2C[C@@H](NC(=O)OC(C)(C)C)C[C@@H](C(=O)OCc3ccccc3)C2)C1. The van der Waals surface area contributed by atoms with Gasteiger partial charge in [-0.2, -0.15) is 0 Å². The fourth-order valence-corrected chi connectivity index (χ4v) is 4.73. The van der Waals surface area contributed by atoms with Gasteiger partial charge in [-0.15, -0.1) is 0 Å². The Balaban J connectivity index is 1.60. The lowest BCUT2D eigenvalue weighted by Gasteiger charge is -2.44. The number of ether oxygens (including phenoxy) is 2. The highest BCUT2D eigenvalue weighted by Crippen LogP contribution is 2.45. The number of alkyl carbamates (subject to hydrolysis) is 1. The van der Waals surface area contributed by atoms with E-state index in [0.29, 0.717) is 24.9 Å². The summed E-state index contributed by atoms with van der Waals surface area (Å²) in [6, 6.07) is 9.70. The van der Waals surface area contributed by atoms with Gasteiger partial charge in [-0.3, -0.25) is 4.79 Å². The van der Waals surface area contributed by atoms with Gasteiger partial charge in [-0.1, -0.05) is 37.3 Å². The van der Waals surface area contributed by atoms with Gasteiger partial charge in [0.15, 0.2) is 0 Å². The predicted octanol–water partition coefficient (Wildman–Crippen LogP) is 5.09. The van der Waals surface area contributed by atoms with E-state index in [1.807, 2.05) is 51.1 Å². The van der Waals surface area contributed by atoms with Crippen molar-refractivity contribution in [1.82, 2.24) is 5.32 Å². The van der Waals surface area contributed by atoms with Crippen LogP contribution in [0.5, 0.6) is 0 Å². The molecule has 0 heterocycles. The molecule has 0 aromatic heterocycles. The third-order valence-corrected chi connectivity index (χ3v) is 6.10. The van der Waals surface area contributed by atoms with Gasteiger partial charge in [0.25, 0.3) is 0 Å².